The molecule has 0 aliphatic carbocycles. The van der Waals surface area contributed by atoms with Gasteiger partial charge in [-0.05, 0) is 32.9 Å². The van der Waals surface area contributed by atoms with Gasteiger partial charge in [-0.1, -0.05) is 6.92 Å². The maximum absolute atomic E-state index is 3.42. The largest absolute Gasteiger partial charge is 0.315 e. The minimum absolute atomic E-state index is 0.786. The van der Waals surface area contributed by atoms with Crippen LogP contribution in [0, 0.1) is 0 Å². The number of nitrogens with zero attached hydrogens (tertiary/aromatic N) is 1. The maximum Gasteiger partial charge on any atom is 0.0253 e. The first kappa shape index (κ1) is 7.56. The van der Waals surface area contributed by atoms with Gasteiger partial charge >= 0.3 is 0 Å². The van der Waals surface area contributed by atoms with E-state index in [1.807, 2.05) is 0 Å². The highest BCUT2D eigenvalue weighted by molar-refractivity contribution is 5.02. The summed E-state index contributed by atoms with van der Waals surface area (Å²) in [6.45, 7) is 3.52. The number of fused-ring (bicyclic) bond motifs is 2. The Labute approximate surface area is 69.0 Å². The molecule has 2 aliphatic heterocycles. The SMILES string of the molecule is CCN1C2CC[C@H]1C[C@@H]2NC. The van der Waals surface area contributed by atoms with Crippen LogP contribution in [0.25, 0.3) is 0 Å². The molecule has 2 saturated heterocycles. The number of hydrogen-bond donors (Lipinski definition) is 1. The number of likely N-dealkylation sites (N-methyl/N-ethyl adjacent to an activating group) is 2. The molecule has 64 valence electrons. The molecule has 0 aromatic rings. The summed E-state index contributed by atoms with van der Waals surface area (Å²) in [4.78, 5) is 2.67. The van der Waals surface area contributed by atoms with Crippen molar-refractivity contribution in [3.8, 4) is 0 Å². The minimum Gasteiger partial charge on any atom is -0.315 e. The molecule has 2 fully saturated rings. The summed E-state index contributed by atoms with van der Waals surface area (Å²) < 4.78 is 0. The van der Waals surface area contributed by atoms with Crippen molar-refractivity contribution in [1.29, 1.82) is 0 Å². The number of rotatable bonds is 2. The highest BCUT2D eigenvalue weighted by Crippen LogP contribution is 2.36. The van der Waals surface area contributed by atoms with Gasteiger partial charge in [0.2, 0.25) is 0 Å². The van der Waals surface area contributed by atoms with Gasteiger partial charge in [0.1, 0.15) is 0 Å². The molecule has 0 saturated carbocycles. The van der Waals surface area contributed by atoms with Crippen LogP contribution in [-0.2, 0) is 0 Å². The summed E-state index contributed by atoms with van der Waals surface area (Å²) in [5.41, 5.74) is 0. The fourth-order valence-corrected chi connectivity index (χ4v) is 2.90. The van der Waals surface area contributed by atoms with Crippen LogP contribution in [-0.4, -0.2) is 36.6 Å². The maximum atomic E-state index is 3.42. The highest BCUT2D eigenvalue weighted by atomic mass is 15.3. The van der Waals surface area contributed by atoms with Crippen molar-refractivity contribution in [3.63, 3.8) is 0 Å². The molecule has 1 N–H and O–H groups in total. The van der Waals surface area contributed by atoms with E-state index in [-0.39, 0.29) is 0 Å². The molecule has 2 bridgehead atoms. The molecular weight excluding hydrogens is 136 g/mol. The van der Waals surface area contributed by atoms with Gasteiger partial charge in [0.15, 0.2) is 0 Å². The lowest BCUT2D eigenvalue weighted by atomic mass is 9.96. The Hall–Kier alpha value is -0.0800. The second-order valence-corrected chi connectivity index (χ2v) is 3.76. The second kappa shape index (κ2) is 2.76. The van der Waals surface area contributed by atoms with Crippen molar-refractivity contribution in [1.82, 2.24) is 10.2 Å². The van der Waals surface area contributed by atoms with E-state index in [4.69, 9.17) is 0 Å². The average molecular weight is 154 g/mol. The predicted octanol–water partition coefficient (Wildman–Crippen LogP) is 0.831. The van der Waals surface area contributed by atoms with E-state index in [9.17, 15) is 0 Å². The molecule has 2 nitrogen and oxygen atoms in total. The molecule has 0 radical (unpaired) electrons. The lowest BCUT2D eigenvalue weighted by Gasteiger charge is -2.22. The van der Waals surface area contributed by atoms with Crippen LogP contribution in [0.15, 0.2) is 0 Å². The van der Waals surface area contributed by atoms with E-state index in [1.54, 1.807) is 0 Å². The Morgan fingerprint density at radius 2 is 2.27 bits per heavy atom. The van der Waals surface area contributed by atoms with Gasteiger partial charge in [-0.15, -0.1) is 0 Å². The molecule has 0 aromatic heterocycles. The Balaban J connectivity index is 2.06. The second-order valence-electron chi connectivity index (χ2n) is 3.76. The summed E-state index contributed by atoms with van der Waals surface area (Å²) in [6.07, 6.45) is 4.25. The number of hydrogen-bond acceptors (Lipinski definition) is 2. The number of nitrogens with one attached hydrogen (secondary N) is 1. The zero-order valence-electron chi connectivity index (χ0n) is 7.51. The summed E-state index contributed by atoms with van der Waals surface area (Å²) >= 11 is 0. The fraction of sp³-hybridized carbons (Fsp3) is 1.00. The smallest absolute Gasteiger partial charge is 0.0253 e. The van der Waals surface area contributed by atoms with Crippen LogP contribution >= 0.6 is 0 Å². The standard InChI is InChI=1S/C9H18N2/c1-3-11-7-4-5-9(11)8(6-7)10-2/h7-10H,3-6H2,1-2H3/t7-,8-,9?/m0/s1. The van der Waals surface area contributed by atoms with Crippen LogP contribution in [0.5, 0.6) is 0 Å². The fourth-order valence-electron chi connectivity index (χ4n) is 2.90. The molecule has 3 atom stereocenters. The summed E-state index contributed by atoms with van der Waals surface area (Å²) in [5.74, 6) is 0. The molecule has 2 heteroatoms. The molecule has 0 aromatic carbocycles. The van der Waals surface area contributed by atoms with Gasteiger partial charge in [-0.2, -0.15) is 0 Å². The van der Waals surface area contributed by atoms with Crippen molar-refractivity contribution in [3.05, 3.63) is 0 Å². The van der Waals surface area contributed by atoms with Gasteiger partial charge in [0.05, 0.1) is 0 Å². The van der Waals surface area contributed by atoms with Crippen LogP contribution in [0.3, 0.4) is 0 Å². The van der Waals surface area contributed by atoms with Gasteiger partial charge in [-0.25, -0.2) is 0 Å². The topological polar surface area (TPSA) is 15.3 Å². The lowest BCUT2D eigenvalue weighted by molar-refractivity contribution is 0.257. The molecule has 0 amide bonds. The van der Waals surface area contributed by atoms with E-state index in [0.29, 0.717) is 0 Å². The lowest BCUT2D eigenvalue weighted by Crippen LogP contribution is -2.38. The molecule has 11 heavy (non-hydrogen) atoms. The Bertz CT molecular complexity index is 146. The van der Waals surface area contributed by atoms with E-state index in [0.717, 1.165) is 18.1 Å². The first-order valence-electron chi connectivity index (χ1n) is 4.79. The molecule has 2 heterocycles. The minimum atomic E-state index is 0.786. The predicted molar refractivity (Wildman–Crippen MR) is 46.7 cm³/mol. The van der Waals surface area contributed by atoms with Crippen LogP contribution in [0.1, 0.15) is 26.2 Å². The van der Waals surface area contributed by atoms with Crippen LogP contribution in [0.2, 0.25) is 0 Å². The molecule has 2 rings (SSSR count). The Morgan fingerprint density at radius 3 is 2.73 bits per heavy atom. The molecule has 2 aliphatic rings. The molecular formula is C9H18N2. The van der Waals surface area contributed by atoms with E-state index < -0.39 is 0 Å². The van der Waals surface area contributed by atoms with Gasteiger partial charge in [0, 0.05) is 18.1 Å². The molecule has 0 spiro atoms. The Morgan fingerprint density at radius 1 is 1.45 bits per heavy atom. The zero-order chi connectivity index (χ0) is 7.84. The average Bonchev–Trinajstić information content (AvgIpc) is 2.59. The first-order chi connectivity index (χ1) is 5.36. The van der Waals surface area contributed by atoms with Crippen molar-refractivity contribution < 1.29 is 0 Å². The van der Waals surface area contributed by atoms with Gasteiger partial charge in [-0.3, -0.25) is 4.90 Å². The first-order valence-corrected chi connectivity index (χ1v) is 4.79. The van der Waals surface area contributed by atoms with E-state index >= 15 is 0 Å². The van der Waals surface area contributed by atoms with Crippen molar-refractivity contribution >= 4 is 0 Å². The normalized spacial score (nSPS) is 43.6. The van der Waals surface area contributed by atoms with E-state index in [2.05, 4.69) is 24.2 Å². The summed E-state index contributed by atoms with van der Waals surface area (Å²) in [6, 6.07) is 2.55. The van der Waals surface area contributed by atoms with Crippen molar-refractivity contribution in [2.45, 2.75) is 44.3 Å². The third-order valence-electron chi connectivity index (χ3n) is 3.42. The quantitative estimate of drug-likeness (QED) is 0.634. The summed E-state index contributed by atoms with van der Waals surface area (Å²) in [5, 5.41) is 3.42. The third kappa shape index (κ3) is 1.00. The monoisotopic (exact) mass is 154 g/mol. The summed E-state index contributed by atoms with van der Waals surface area (Å²) in [7, 11) is 2.10. The van der Waals surface area contributed by atoms with E-state index in [1.165, 1.54) is 25.8 Å². The van der Waals surface area contributed by atoms with Gasteiger partial charge in [0.25, 0.3) is 0 Å². The van der Waals surface area contributed by atoms with Crippen LogP contribution < -0.4 is 5.32 Å². The van der Waals surface area contributed by atoms with Gasteiger partial charge < -0.3 is 5.32 Å². The highest BCUT2D eigenvalue weighted by Gasteiger charge is 2.44. The van der Waals surface area contributed by atoms with Crippen LogP contribution in [0.4, 0.5) is 0 Å². The Kier molecular flexibility index (Phi) is 1.90. The molecule has 1 unspecified atom stereocenters. The van der Waals surface area contributed by atoms with Crippen molar-refractivity contribution in [2.24, 2.45) is 0 Å². The zero-order valence-corrected chi connectivity index (χ0v) is 7.51. The van der Waals surface area contributed by atoms with Crippen molar-refractivity contribution in [2.75, 3.05) is 13.6 Å². The third-order valence-corrected chi connectivity index (χ3v) is 3.42.